The summed E-state index contributed by atoms with van der Waals surface area (Å²) in [6.07, 6.45) is 3.82. The van der Waals surface area contributed by atoms with Crippen molar-refractivity contribution in [1.29, 1.82) is 0 Å². The molecular formula is C23H20ClN3O2S. The predicted octanol–water partition coefficient (Wildman–Crippen LogP) is 4.06. The molecule has 0 saturated heterocycles. The molecule has 0 atom stereocenters. The van der Waals surface area contributed by atoms with Crippen LogP contribution in [0.4, 0.5) is 5.69 Å². The van der Waals surface area contributed by atoms with Gasteiger partial charge in [0.2, 0.25) is 0 Å². The van der Waals surface area contributed by atoms with E-state index < -0.39 is 0 Å². The molecule has 0 fully saturated rings. The number of anilines is 1. The van der Waals surface area contributed by atoms with E-state index in [1.54, 1.807) is 35.3 Å². The van der Waals surface area contributed by atoms with Crippen LogP contribution in [0.1, 0.15) is 33.5 Å². The summed E-state index contributed by atoms with van der Waals surface area (Å²) in [5.74, 6) is -0.376. The van der Waals surface area contributed by atoms with Crippen molar-refractivity contribution >= 4 is 46.2 Å². The molecule has 1 aliphatic heterocycles. The summed E-state index contributed by atoms with van der Waals surface area (Å²) in [4.78, 5) is 28.0. The Morgan fingerprint density at radius 1 is 1.20 bits per heavy atom. The van der Waals surface area contributed by atoms with Crippen LogP contribution in [0.15, 0.2) is 65.2 Å². The van der Waals surface area contributed by atoms with Gasteiger partial charge in [0.1, 0.15) is 0 Å². The Morgan fingerprint density at radius 3 is 2.77 bits per heavy atom. The molecule has 2 aromatic carbocycles. The largest absolute Gasteiger partial charge is 0.330 e. The lowest BCUT2D eigenvalue weighted by atomic mass is 10.0. The van der Waals surface area contributed by atoms with Gasteiger partial charge in [-0.1, -0.05) is 60.2 Å². The maximum atomic E-state index is 12.9. The minimum atomic E-state index is -0.318. The van der Waals surface area contributed by atoms with Crippen LogP contribution in [-0.4, -0.2) is 21.6 Å². The maximum Gasteiger partial charge on any atom is 0.256 e. The normalized spacial score (nSPS) is 15.6. The first-order chi connectivity index (χ1) is 14.5. The molecule has 0 aromatic heterocycles. The number of fused-ring (bicyclic) bond motifs is 1. The summed E-state index contributed by atoms with van der Waals surface area (Å²) >= 11 is 11.3. The van der Waals surface area contributed by atoms with Crippen molar-refractivity contribution in [3.63, 3.8) is 0 Å². The summed E-state index contributed by atoms with van der Waals surface area (Å²) in [5, 5.41) is 3.40. The molecular weight excluding hydrogens is 418 g/mol. The van der Waals surface area contributed by atoms with Crippen LogP contribution in [-0.2, 0) is 24.4 Å². The lowest BCUT2D eigenvalue weighted by Gasteiger charge is -2.17. The molecule has 5 nitrogen and oxygen atoms in total. The smallest absolute Gasteiger partial charge is 0.256 e. The van der Waals surface area contributed by atoms with Gasteiger partial charge in [0.05, 0.1) is 5.57 Å². The van der Waals surface area contributed by atoms with E-state index in [2.05, 4.69) is 5.32 Å². The Bertz CT molecular complexity index is 1120. The SMILES string of the molecule is NCc1cccc(CN2Cc3c(NC(=O)C4=CC(Cl)=CCC4=S)cccc3C2=O)c1. The Balaban J connectivity index is 1.55. The van der Waals surface area contributed by atoms with Crippen molar-refractivity contribution in [1.82, 2.24) is 4.90 Å². The molecule has 0 bridgehead atoms. The third-order valence-electron chi connectivity index (χ3n) is 5.20. The standard InChI is InChI=1S/C23H20ClN3O2S/c24-16-7-8-21(30)18(10-16)22(28)26-20-6-2-5-17-19(20)13-27(23(17)29)12-15-4-1-3-14(9-15)11-25/h1-7,9-10H,8,11-13,25H2,(H,26,28). The number of benzene rings is 2. The number of halogens is 1. The highest BCUT2D eigenvalue weighted by Gasteiger charge is 2.30. The average molecular weight is 438 g/mol. The first-order valence-electron chi connectivity index (χ1n) is 9.57. The van der Waals surface area contributed by atoms with Crippen molar-refractivity contribution in [2.75, 3.05) is 5.32 Å². The Morgan fingerprint density at radius 2 is 1.97 bits per heavy atom. The van der Waals surface area contributed by atoms with Gasteiger partial charge in [0.25, 0.3) is 11.8 Å². The highest BCUT2D eigenvalue weighted by Crippen LogP contribution is 2.31. The lowest BCUT2D eigenvalue weighted by Crippen LogP contribution is -2.23. The van der Waals surface area contributed by atoms with E-state index in [-0.39, 0.29) is 11.8 Å². The molecule has 30 heavy (non-hydrogen) atoms. The number of thiocarbonyl (C=S) groups is 1. The fraction of sp³-hybridized carbons (Fsp3) is 0.174. The Hall–Kier alpha value is -2.80. The zero-order valence-corrected chi connectivity index (χ0v) is 17.7. The van der Waals surface area contributed by atoms with Crippen LogP contribution >= 0.6 is 23.8 Å². The van der Waals surface area contributed by atoms with Crippen molar-refractivity contribution in [2.45, 2.75) is 26.1 Å². The van der Waals surface area contributed by atoms with Crippen molar-refractivity contribution in [3.05, 3.63) is 87.5 Å². The number of carbonyl (C=O) groups is 2. The quantitative estimate of drug-likeness (QED) is 0.691. The second-order valence-electron chi connectivity index (χ2n) is 7.25. The number of amides is 2. The van der Waals surface area contributed by atoms with Gasteiger partial charge in [0, 0.05) is 52.8 Å². The Labute approximate surface area is 185 Å². The molecule has 0 spiro atoms. The number of nitrogens with two attached hydrogens (primary N) is 1. The van der Waals surface area contributed by atoms with Crippen LogP contribution in [0.5, 0.6) is 0 Å². The van der Waals surface area contributed by atoms with Crippen molar-refractivity contribution in [3.8, 4) is 0 Å². The zero-order chi connectivity index (χ0) is 21.3. The first-order valence-corrected chi connectivity index (χ1v) is 10.4. The minimum absolute atomic E-state index is 0.0577. The van der Waals surface area contributed by atoms with E-state index in [0.717, 1.165) is 16.7 Å². The second-order valence-corrected chi connectivity index (χ2v) is 8.17. The van der Waals surface area contributed by atoms with E-state index in [1.165, 1.54) is 0 Å². The van der Waals surface area contributed by atoms with Gasteiger partial charge in [0.15, 0.2) is 0 Å². The third kappa shape index (κ3) is 4.07. The van der Waals surface area contributed by atoms with E-state index in [1.807, 2.05) is 24.3 Å². The third-order valence-corrected chi connectivity index (χ3v) is 5.85. The molecule has 1 heterocycles. The van der Waals surface area contributed by atoms with E-state index in [4.69, 9.17) is 29.6 Å². The van der Waals surface area contributed by atoms with Crippen LogP contribution in [0, 0.1) is 0 Å². The van der Waals surface area contributed by atoms with Gasteiger partial charge >= 0.3 is 0 Å². The molecule has 0 unspecified atom stereocenters. The van der Waals surface area contributed by atoms with Crippen LogP contribution in [0.3, 0.4) is 0 Å². The summed E-state index contributed by atoms with van der Waals surface area (Å²) < 4.78 is 0. The number of hydrogen-bond donors (Lipinski definition) is 2. The van der Waals surface area contributed by atoms with Gasteiger partial charge in [-0.3, -0.25) is 9.59 Å². The molecule has 2 amide bonds. The number of allylic oxidation sites excluding steroid dienone is 3. The van der Waals surface area contributed by atoms with Crippen LogP contribution in [0.2, 0.25) is 0 Å². The number of hydrogen-bond acceptors (Lipinski definition) is 4. The fourth-order valence-electron chi connectivity index (χ4n) is 3.67. The van der Waals surface area contributed by atoms with Crippen LogP contribution in [0.25, 0.3) is 0 Å². The molecule has 2 aromatic rings. The van der Waals surface area contributed by atoms with Crippen LogP contribution < -0.4 is 11.1 Å². The van der Waals surface area contributed by atoms with Gasteiger partial charge < -0.3 is 16.0 Å². The second kappa shape index (κ2) is 8.52. The molecule has 3 N–H and O–H groups in total. The molecule has 0 radical (unpaired) electrons. The number of rotatable bonds is 5. The molecule has 152 valence electrons. The zero-order valence-electron chi connectivity index (χ0n) is 16.2. The van der Waals surface area contributed by atoms with E-state index in [0.29, 0.717) is 52.8 Å². The number of nitrogens with zero attached hydrogens (tertiary/aromatic N) is 1. The summed E-state index contributed by atoms with van der Waals surface area (Å²) in [6, 6.07) is 13.2. The molecule has 7 heteroatoms. The molecule has 0 saturated carbocycles. The monoisotopic (exact) mass is 437 g/mol. The highest BCUT2D eigenvalue weighted by atomic mass is 35.5. The van der Waals surface area contributed by atoms with E-state index in [9.17, 15) is 9.59 Å². The van der Waals surface area contributed by atoms with Gasteiger partial charge in [-0.25, -0.2) is 0 Å². The summed E-state index contributed by atoms with van der Waals surface area (Å²) in [6.45, 7) is 1.35. The van der Waals surface area contributed by atoms with Crippen molar-refractivity contribution < 1.29 is 9.59 Å². The van der Waals surface area contributed by atoms with Crippen molar-refractivity contribution in [2.24, 2.45) is 5.73 Å². The predicted molar refractivity (Wildman–Crippen MR) is 122 cm³/mol. The van der Waals surface area contributed by atoms with Gasteiger partial charge in [-0.15, -0.1) is 0 Å². The molecule has 4 rings (SSSR count). The summed E-state index contributed by atoms with van der Waals surface area (Å²) in [5.41, 5.74) is 10.2. The van der Waals surface area contributed by atoms with Gasteiger partial charge in [-0.05, 0) is 29.3 Å². The topological polar surface area (TPSA) is 75.4 Å². The molecule has 2 aliphatic rings. The number of carbonyl (C=O) groups excluding carboxylic acids is 2. The lowest BCUT2D eigenvalue weighted by molar-refractivity contribution is -0.112. The first kappa shape index (κ1) is 20.5. The molecule has 1 aliphatic carbocycles. The average Bonchev–Trinajstić information content (AvgIpc) is 3.06. The highest BCUT2D eigenvalue weighted by molar-refractivity contribution is 7.81. The number of nitrogens with one attached hydrogen (secondary N) is 1. The van der Waals surface area contributed by atoms with Gasteiger partial charge in [-0.2, -0.15) is 0 Å². The fourth-order valence-corrected chi connectivity index (χ4v) is 4.09. The minimum Gasteiger partial charge on any atom is -0.330 e. The van der Waals surface area contributed by atoms with E-state index >= 15 is 0 Å². The maximum absolute atomic E-state index is 12.9. The Kier molecular flexibility index (Phi) is 5.81. The summed E-state index contributed by atoms with van der Waals surface area (Å²) in [7, 11) is 0.